The second kappa shape index (κ2) is 8.46. The number of nitro benzene ring substituents is 1. The van der Waals surface area contributed by atoms with Gasteiger partial charge >= 0.3 is 0 Å². The van der Waals surface area contributed by atoms with Crippen LogP contribution in [0.3, 0.4) is 0 Å². The van der Waals surface area contributed by atoms with Gasteiger partial charge in [0.25, 0.3) is 11.2 Å². The molecule has 0 aliphatic carbocycles. The van der Waals surface area contributed by atoms with E-state index in [0.29, 0.717) is 30.9 Å². The number of ether oxygens (including phenoxy) is 1. The van der Waals surface area contributed by atoms with Gasteiger partial charge in [-0.3, -0.25) is 19.5 Å². The summed E-state index contributed by atoms with van der Waals surface area (Å²) in [7, 11) is 0. The minimum absolute atomic E-state index is 0.129. The van der Waals surface area contributed by atoms with Crippen molar-refractivity contribution in [1.29, 1.82) is 5.26 Å². The largest absolute Gasteiger partial charge is 0.493 e. The highest BCUT2D eigenvalue weighted by Gasteiger charge is 2.19. The van der Waals surface area contributed by atoms with Crippen molar-refractivity contribution in [3.8, 4) is 17.5 Å². The molecule has 0 bridgehead atoms. The van der Waals surface area contributed by atoms with Crippen LogP contribution in [0.1, 0.15) is 12.0 Å². The Morgan fingerprint density at radius 3 is 2.84 bits per heavy atom. The van der Waals surface area contributed by atoms with Crippen molar-refractivity contribution < 1.29 is 9.66 Å². The molecule has 10 nitrogen and oxygen atoms in total. The second-order valence-electron chi connectivity index (χ2n) is 6.62. The number of aryl methyl sites for hydroxylation is 1. The summed E-state index contributed by atoms with van der Waals surface area (Å²) in [6, 6.07) is 15.0. The van der Waals surface area contributed by atoms with Crippen LogP contribution in [0.5, 0.6) is 5.75 Å². The summed E-state index contributed by atoms with van der Waals surface area (Å²) in [5.41, 5.74) is 0.580. The first-order valence-electron chi connectivity index (χ1n) is 9.38. The Bertz CT molecular complexity index is 1370. The van der Waals surface area contributed by atoms with Crippen LogP contribution in [-0.4, -0.2) is 30.9 Å². The van der Waals surface area contributed by atoms with Crippen molar-refractivity contribution in [1.82, 2.24) is 19.3 Å². The highest BCUT2D eigenvalue weighted by atomic mass is 16.6. The number of benzene rings is 2. The van der Waals surface area contributed by atoms with E-state index in [0.717, 1.165) is 0 Å². The average molecular weight is 416 g/mol. The predicted molar refractivity (Wildman–Crippen MR) is 111 cm³/mol. The summed E-state index contributed by atoms with van der Waals surface area (Å²) in [5, 5.41) is 24.7. The highest BCUT2D eigenvalue weighted by Crippen LogP contribution is 2.23. The fourth-order valence-corrected chi connectivity index (χ4v) is 3.16. The molecule has 0 atom stereocenters. The average Bonchev–Trinajstić information content (AvgIpc) is 3.23. The quantitative estimate of drug-likeness (QED) is 0.257. The molecule has 0 spiro atoms. The minimum atomic E-state index is -0.504. The van der Waals surface area contributed by atoms with Crippen LogP contribution in [0, 0.1) is 21.4 Å². The number of hydrogen-bond acceptors (Lipinski definition) is 7. The van der Waals surface area contributed by atoms with Crippen molar-refractivity contribution in [2.75, 3.05) is 6.61 Å². The number of nitriles is 1. The number of hydrogen-bond donors (Lipinski definition) is 0. The van der Waals surface area contributed by atoms with E-state index >= 15 is 0 Å². The molecule has 2 aromatic carbocycles. The van der Waals surface area contributed by atoms with Gasteiger partial charge in [-0.05, 0) is 30.7 Å². The van der Waals surface area contributed by atoms with Gasteiger partial charge in [0.1, 0.15) is 16.8 Å². The maximum atomic E-state index is 12.8. The van der Waals surface area contributed by atoms with Crippen LogP contribution in [0.2, 0.25) is 0 Å². The lowest BCUT2D eigenvalue weighted by molar-refractivity contribution is -0.384. The zero-order valence-electron chi connectivity index (χ0n) is 16.2. The Kier molecular flexibility index (Phi) is 5.40. The molecule has 10 heteroatoms. The Morgan fingerprint density at radius 2 is 2.03 bits per heavy atom. The lowest BCUT2D eigenvalue weighted by Crippen LogP contribution is -2.21. The molecule has 154 valence electrons. The number of nitrogens with zero attached hydrogens (tertiary/aromatic N) is 6. The normalized spacial score (nSPS) is 10.7. The van der Waals surface area contributed by atoms with E-state index in [1.807, 2.05) is 0 Å². The number of nitro groups is 1. The zero-order valence-corrected chi connectivity index (χ0v) is 16.2. The molecule has 31 heavy (non-hydrogen) atoms. The third-order valence-electron chi connectivity index (χ3n) is 4.64. The van der Waals surface area contributed by atoms with Crippen LogP contribution in [0.25, 0.3) is 16.7 Å². The molecular weight excluding hydrogens is 400 g/mol. The van der Waals surface area contributed by atoms with Gasteiger partial charge in [0.2, 0.25) is 0 Å². The van der Waals surface area contributed by atoms with Gasteiger partial charge in [-0.2, -0.15) is 10.4 Å². The molecule has 0 amide bonds. The van der Waals surface area contributed by atoms with Crippen LogP contribution >= 0.6 is 0 Å². The smallest absolute Gasteiger partial charge is 0.294 e. The SMILES string of the molecule is N#Cc1cccc(OCCCn2cnc3c(cnn3-c3ccccc3[N+](=O)[O-])c2=O)c1. The van der Waals surface area contributed by atoms with Gasteiger partial charge in [0.05, 0.1) is 35.7 Å². The predicted octanol–water partition coefficient (Wildman–Crippen LogP) is 2.83. The van der Waals surface area contributed by atoms with Crippen LogP contribution in [-0.2, 0) is 6.54 Å². The van der Waals surface area contributed by atoms with Gasteiger partial charge in [0.15, 0.2) is 5.65 Å². The monoisotopic (exact) mass is 416 g/mol. The molecule has 2 aromatic heterocycles. The number of aromatic nitrogens is 4. The molecule has 0 fully saturated rings. The van der Waals surface area contributed by atoms with Crippen LogP contribution < -0.4 is 10.3 Å². The molecule has 0 N–H and O–H groups in total. The van der Waals surface area contributed by atoms with E-state index in [1.165, 1.54) is 27.8 Å². The molecule has 0 radical (unpaired) electrons. The molecule has 0 unspecified atom stereocenters. The summed E-state index contributed by atoms with van der Waals surface area (Å²) in [6.45, 7) is 0.727. The molecule has 2 heterocycles. The summed E-state index contributed by atoms with van der Waals surface area (Å²) in [6.07, 6.45) is 3.30. The minimum Gasteiger partial charge on any atom is -0.493 e. The van der Waals surface area contributed by atoms with Crippen LogP contribution in [0.15, 0.2) is 65.8 Å². The third-order valence-corrected chi connectivity index (χ3v) is 4.64. The zero-order chi connectivity index (χ0) is 21.8. The summed E-state index contributed by atoms with van der Waals surface area (Å²) < 4.78 is 8.37. The number of para-hydroxylation sites is 2. The molecule has 0 saturated carbocycles. The molecule has 0 saturated heterocycles. The third kappa shape index (κ3) is 3.97. The van der Waals surface area contributed by atoms with E-state index in [4.69, 9.17) is 10.00 Å². The van der Waals surface area contributed by atoms with Gasteiger partial charge in [-0.25, -0.2) is 9.67 Å². The maximum Gasteiger partial charge on any atom is 0.294 e. The van der Waals surface area contributed by atoms with E-state index in [1.54, 1.807) is 42.5 Å². The second-order valence-corrected chi connectivity index (χ2v) is 6.62. The van der Waals surface area contributed by atoms with E-state index in [9.17, 15) is 14.9 Å². The fraction of sp³-hybridized carbons (Fsp3) is 0.143. The standard InChI is InChI=1S/C21H16N6O4/c22-12-15-5-3-6-16(11-15)31-10-4-9-25-14-23-20-17(21(25)28)13-24-26(20)18-7-1-2-8-19(18)27(29)30/h1-3,5-8,11,13-14H,4,9-10H2. The van der Waals surface area contributed by atoms with Gasteiger partial charge in [0, 0.05) is 12.6 Å². The van der Waals surface area contributed by atoms with Crippen molar-refractivity contribution in [2.24, 2.45) is 0 Å². The molecule has 4 aromatic rings. The maximum absolute atomic E-state index is 12.8. The molecule has 0 aliphatic heterocycles. The summed E-state index contributed by atoms with van der Waals surface area (Å²) in [4.78, 5) is 27.9. The Balaban J connectivity index is 1.51. The van der Waals surface area contributed by atoms with E-state index < -0.39 is 4.92 Å². The van der Waals surface area contributed by atoms with Crippen molar-refractivity contribution in [3.05, 3.63) is 87.1 Å². The van der Waals surface area contributed by atoms with Gasteiger partial charge in [-0.15, -0.1) is 0 Å². The Hall–Kier alpha value is -4.52. The lowest BCUT2D eigenvalue weighted by atomic mass is 10.2. The first-order chi connectivity index (χ1) is 15.1. The fourth-order valence-electron chi connectivity index (χ4n) is 3.16. The Morgan fingerprint density at radius 1 is 1.19 bits per heavy atom. The van der Waals surface area contributed by atoms with Crippen molar-refractivity contribution >= 4 is 16.7 Å². The summed E-state index contributed by atoms with van der Waals surface area (Å²) >= 11 is 0. The summed E-state index contributed by atoms with van der Waals surface area (Å²) in [5.74, 6) is 0.589. The number of rotatable bonds is 7. The van der Waals surface area contributed by atoms with Gasteiger partial charge in [-0.1, -0.05) is 18.2 Å². The number of fused-ring (bicyclic) bond motifs is 1. The highest BCUT2D eigenvalue weighted by molar-refractivity contribution is 5.76. The van der Waals surface area contributed by atoms with Crippen LogP contribution in [0.4, 0.5) is 5.69 Å². The van der Waals surface area contributed by atoms with E-state index in [-0.39, 0.29) is 28.0 Å². The topological polar surface area (TPSA) is 129 Å². The van der Waals surface area contributed by atoms with Crippen molar-refractivity contribution in [3.63, 3.8) is 0 Å². The van der Waals surface area contributed by atoms with Gasteiger partial charge < -0.3 is 4.74 Å². The first kappa shape index (κ1) is 19.8. The molecular formula is C21H16N6O4. The molecule has 0 aliphatic rings. The van der Waals surface area contributed by atoms with E-state index in [2.05, 4.69) is 16.2 Å². The first-order valence-corrected chi connectivity index (χ1v) is 9.38. The van der Waals surface area contributed by atoms with Crippen molar-refractivity contribution in [2.45, 2.75) is 13.0 Å². The lowest BCUT2D eigenvalue weighted by Gasteiger charge is -2.08. The Labute approximate surface area is 175 Å². The molecule has 4 rings (SSSR count).